The largest absolute Gasteiger partial charge is 0.497 e. The highest BCUT2D eigenvalue weighted by atomic mass is 32.1. The van der Waals surface area contributed by atoms with Crippen LogP contribution in [0.3, 0.4) is 0 Å². The van der Waals surface area contributed by atoms with Crippen LogP contribution in [-0.2, 0) is 19.4 Å². The van der Waals surface area contributed by atoms with Crippen LogP contribution in [0.5, 0.6) is 5.75 Å². The molecule has 0 spiro atoms. The van der Waals surface area contributed by atoms with Gasteiger partial charge in [-0.2, -0.15) is 0 Å². The van der Waals surface area contributed by atoms with E-state index in [0.717, 1.165) is 36.3 Å². The van der Waals surface area contributed by atoms with Gasteiger partial charge in [-0.1, -0.05) is 26.0 Å². The summed E-state index contributed by atoms with van der Waals surface area (Å²) in [5, 5.41) is 4.50. The second kappa shape index (κ2) is 9.26. The molecule has 2 aliphatic rings. The number of aryl methyl sites for hydroxylation is 1. The molecule has 6 heteroatoms. The summed E-state index contributed by atoms with van der Waals surface area (Å²) in [4.78, 5) is 17.2. The van der Waals surface area contributed by atoms with Crippen LogP contribution >= 0.6 is 11.3 Å². The molecule has 0 fully saturated rings. The second-order valence-electron chi connectivity index (χ2n) is 9.52. The number of benzene rings is 1. The molecule has 1 atom stereocenters. The summed E-state index contributed by atoms with van der Waals surface area (Å²) < 4.78 is 7.85. The molecule has 2 amide bonds. The van der Waals surface area contributed by atoms with Gasteiger partial charge in [-0.25, -0.2) is 4.79 Å². The fourth-order valence-electron chi connectivity index (χ4n) is 5.12. The molecule has 3 heterocycles. The van der Waals surface area contributed by atoms with Gasteiger partial charge < -0.3 is 19.5 Å². The lowest BCUT2D eigenvalue weighted by Crippen LogP contribution is -2.42. The summed E-state index contributed by atoms with van der Waals surface area (Å²) in [6, 6.07) is 12.2. The number of carbonyl (C=O) groups is 1. The Morgan fingerprint density at radius 3 is 2.85 bits per heavy atom. The minimum Gasteiger partial charge on any atom is -0.497 e. The molecule has 0 saturated carbocycles. The van der Waals surface area contributed by atoms with Crippen LogP contribution in [0.15, 0.2) is 42.6 Å². The van der Waals surface area contributed by atoms with E-state index in [1.165, 1.54) is 33.8 Å². The Kier molecular flexibility index (Phi) is 6.19. The van der Waals surface area contributed by atoms with Gasteiger partial charge in [0.1, 0.15) is 10.8 Å². The van der Waals surface area contributed by atoms with Gasteiger partial charge in [0.25, 0.3) is 0 Å². The van der Waals surface area contributed by atoms with Gasteiger partial charge in [0.15, 0.2) is 0 Å². The van der Waals surface area contributed by atoms with Crippen molar-refractivity contribution in [1.29, 1.82) is 0 Å². The van der Waals surface area contributed by atoms with Gasteiger partial charge in [0.05, 0.1) is 25.4 Å². The van der Waals surface area contributed by atoms with Gasteiger partial charge in [0.2, 0.25) is 0 Å². The first-order valence-corrected chi connectivity index (χ1v) is 12.9. The van der Waals surface area contributed by atoms with Crippen molar-refractivity contribution in [3.05, 3.63) is 69.9 Å². The molecule has 0 saturated heterocycles. The van der Waals surface area contributed by atoms with Crippen molar-refractivity contribution in [3.63, 3.8) is 0 Å². The van der Waals surface area contributed by atoms with Gasteiger partial charge in [-0.15, -0.1) is 11.3 Å². The molecule has 3 aromatic rings. The predicted molar refractivity (Wildman–Crippen MR) is 134 cm³/mol. The number of fused-ring (bicyclic) bond motifs is 5. The lowest BCUT2D eigenvalue weighted by molar-refractivity contribution is 0.180. The van der Waals surface area contributed by atoms with Crippen molar-refractivity contribution in [2.45, 2.75) is 58.5 Å². The topological polar surface area (TPSA) is 46.5 Å². The minimum absolute atomic E-state index is 0.000158. The predicted octanol–water partition coefficient (Wildman–Crippen LogP) is 6.09. The Labute approximate surface area is 200 Å². The Morgan fingerprint density at radius 1 is 1.18 bits per heavy atom. The molecule has 33 heavy (non-hydrogen) atoms. The normalized spacial score (nSPS) is 17.2. The Balaban J connectivity index is 1.62. The highest BCUT2D eigenvalue weighted by molar-refractivity contribution is 7.15. The van der Waals surface area contributed by atoms with Crippen LogP contribution < -0.4 is 10.1 Å². The summed E-state index contributed by atoms with van der Waals surface area (Å²) in [6.45, 7) is 5.69. The SMILES string of the molecule is COc1cccc([C@H]2c3cccn3-c3sc4c(c3CN2C(=O)NCCC(C)C)CCCC4)c1. The quantitative estimate of drug-likeness (QED) is 0.498. The van der Waals surface area contributed by atoms with Crippen LogP contribution in [0.1, 0.15) is 66.4 Å². The highest BCUT2D eigenvalue weighted by Gasteiger charge is 2.36. The maximum atomic E-state index is 13.7. The van der Waals surface area contributed by atoms with E-state index in [1.807, 2.05) is 28.4 Å². The van der Waals surface area contributed by atoms with E-state index < -0.39 is 0 Å². The zero-order valence-corrected chi connectivity index (χ0v) is 20.6. The monoisotopic (exact) mass is 463 g/mol. The summed E-state index contributed by atoms with van der Waals surface area (Å²) in [7, 11) is 1.69. The smallest absolute Gasteiger partial charge is 0.318 e. The van der Waals surface area contributed by atoms with Crippen molar-refractivity contribution in [2.24, 2.45) is 5.92 Å². The van der Waals surface area contributed by atoms with Crippen molar-refractivity contribution >= 4 is 17.4 Å². The molecule has 0 bridgehead atoms. The average molecular weight is 464 g/mol. The Hall–Kier alpha value is -2.73. The second-order valence-corrected chi connectivity index (χ2v) is 10.6. The third kappa shape index (κ3) is 4.17. The first-order valence-electron chi connectivity index (χ1n) is 12.1. The first kappa shape index (κ1) is 22.1. The number of aromatic nitrogens is 1. The summed E-state index contributed by atoms with van der Waals surface area (Å²) in [5.74, 6) is 1.36. The fraction of sp³-hybridized carbons (Fsp3) is 0.444. The van der Waals surface area contributed by atoms with E-state index in [0.29, 0.717) is 19.0 Å². The number of nitrogens with zero attached hydrogens (tertiary/aromatic N) is 2. The maximum absolute atomic E-state index is 13.7. The summed E-state index contributed by atoms with van der Waals surface area (Å²) >= 11 is 1.92. The third-order valence-electron chi connectivity index (χ3n) is 6.85. The number of hydrogen-bond donors (Lipinski definition) is 1. The van der Waals surface area contributed by atoms with Crippen LogP contribution in [-0.4, -0.2) is 29.2 Å². The molecule has 1 aliphatic heterocycles. The van der Waals surface area contributed by atoms with Crippen LogP contribution in [0.25, 0.3) is 5.00 Å². The molecule has 5 rings (SSSR count). The number of hydrogen-bond acceptors (Lipinski definition) is 3. The zero-order chi connectivity index (χ0) is 22.9. The minimum atomic E-state index is -0.187. The van der Waals surface area contributed by atoms with E-state index in [9.17, 15) is 4.79 Å². The maximum Gasteiger partial charge on any atom is 0.318 e. The van der Waals surface area contributed by atoms with E-state index in [4.69, 9.17) is 4.74 Å². The van der Waals surface area contributed by atoms with E-state index in [2.05, 4.69) is 54.2 Å². The fourth-order valence-corrected chi connectivity index (χ4v) is 6.52. The van der Waals surface area contributed by atoms with Crippen molar-refractivity contribution in [3.8, 4) is 10.8 Å². The van der Waals surface area contributed by atoms with Crippen LogP contribution in [0, 0.1) is 5.92 Å². The Morgan fingerprint density at radius 2 is 2.03 bits per heavy atom. The molecule has 5 nitrogen and oxygen atoms in total. The number of carbonyl (C=O) groups excluding carboxylic acids is 1. The molecule has 0 unspecified atom stereocenters. The molecule has 1 aliphatic carbocycles. The average Bonchev–Trinajstić information content (AvgIpc) is 3.40. The summed E-state index contributed by atoms with van der Waals surface area (Å²) in [6.07, 6.45) is 7.89. The van der Waals surface area contributed by atoms with Crippen molar-refractivity contribution in [1.82, 2.24) is 14.8 Å². The molecular formula is C27H33N3O2S. The zero-order valence-electron chi connectivity index (χ0n) is 19.8. The standard InChI is InChI=1S/C27H33N3O2S/c1-18(2)13-14-28-27(31)30-17-22-21-10-4-5-12-24(21)33-26(22)29-15-7-11-23(29)25(30)19-8-6-9-20(16-19)32-3/h6-9,11,15-16,18,25H,4-5,10,12-14,17H2,1-3H3,(H,28,31)/t25-/m0/s1. The van der Waals surface area contributed by atoms with Crippen molar-refractivity contribution < 1.29 is 9.53 Å². The molecule has 1 aromatic carbocycles. The number of methoxy groups -OCH3 is 1. The Bertz CT molecular complexity index is 1150. The van der Waals surface area contributed by atoms with E-state index in [-0.39, 0.29) is 12.1 Å². The number of rotatable bonds is 5. The lowest BCUT2D eigenvalue weighted by atomic mass is 9.95. The number of nitrogens with one attached hydrogen (secondary N) is 1. The number of amides is 2. The van der Waals surface area contributed by atoms with Gasteiger partial charge >= 0.3 is 6.03 Å². The van der Waals surface area contributed by atoms with Crippen LogP contribution in [0.2, 0.25) is 0 Å². The first-order chi connectivity index (χ1) is 16.1. The third-order valence-corrected chi connectivity index (χ3v) is 8.18. The van der Waals surface area contributed by atoms with Gasteiger partial charge in [-0.3, -0.25) is 0 Å². The number of thiophene rings is 1. The van der Waals surface area contributed by atoms with E-state index in [1.54, 1.807) is 7.11 Å². The number of urea groups is 1. The van der Waals surface area contributed by atoms with Gasteiger partial charge in [-0.05, 0) is 73.4 Å². The van der Waals surface area contributed by atoms with Gasteiger partial charge in [0, 0.05) is 23.2 Å². The molecule has 174 valence electrons. The summed E-state index contributed by atoms with van der Waals surface area (Å²) in [5.41, 5.74) is 5.00. The lowest BCUT2D eigenvalue weighted by Gasteiger charge is -2.31. The van der Waals surface area contributed by atoms with Crippen LogP contribution in [0.4, 0.5) is 4.79 Å². The van der Waals surface area contributed by atoms with Crippen molar-refractivity contribution in [2.75, 3.05) is 13.7 Å². The molecule has 2 aromatic heterocycles. The molecule has 0 radical (unpaired) electrons. The van der Waals surface area contributed by atoms with E-state index >= 15 is 0 Å². The highest BCUT2D eigenvalue weighted by Crippen LogP contribution is 2.44. The molecular weight excluding hydrogens is 430 g/mol. The number of ether oxygens (including phenoxy) is 1. The molecule has 1 N–H and O–H groups in total.